The maximum atomic E-state index is 13.6. The molecule has 2 atom stereocenters. The van der Waals surface area contributed by atoms with Crippen molar-refractivity contribution < 1.29 is 35.7 Å². The van der Waals surface area contributed by atoms with Crippen LogP contribution >= 0.6 is 0 Å². The molecule has 0 radical (unpaired) electrons. The number of fused-ring (bicyclic) bond motifs is 1. The molecule has 9 heteroatoms. The minimum absolute atomic E-state index is 0.0104. The molecule has 0 saturated heterocycles. The number of rotatable bonds is 6. The number of esters is 1. The summed E-state index contributed by atoms with van der Waals surface area (Å²) in [5.74, 6) is -1.50. The fourth-order valence-corrected chi connectivity index (χ4v) is 4.99. The summed E-state index contributed by atoms with van der Waals surface area (Å²) >= 11 is 0. The van der Waals surface area contributed by atoms with Gasteiger partial charge in [-0.05, 0) is 28.7 Å². The van der Waals surface area contributed by atoms with Crippen molar-refractivity contribution in [3.63, 3.8) is 0 Å². The smallest absolute Gasteiger partial charge is 0.364 e. The van der Waals surface area contributed by atoms with E-state index in [-0.39, 0.29) is 11.8 Å². The van der Waals surface area contributed by atoms with Crippen molar-refractivity contribution in [3.05, 3.63) is 70.8 Å². The fraction of sp³-hybridized carbons (Fsp3) is 0.381. The summed E-state index contributed by atoms with van der Waals surface area (Å²) in [5.41, 5.74) is 4.27. The third kappa shape index (κ3) is 3.30. The van der Waals surface area contributed by atoms with E-state index in [0.717, 1.165) is 22.3 Å². The number of benzene rings is 2. The molecule has 2 aromatic rings. The van der Waals surface area contributed by atoms with Gasteiger partial charge in [0, 0.05) is 18.3 Å². The zero-order chi connectivity index (χ0) is 21.7. The van der Waals surface area contributed by atoms with Crippen LogP contribution in [0.5, 0.6) is 0 Å². The van der Waals surface area contributed by atoms with Crippen molar-refractivity contribution in [1.29, 1.82) is 0 Å². The minimum atomic E-state index is -6.15. The molecule has 3 aliphatic carbocycles. The summed E-state index contributed by atoms with van der Waals surface area (Å²) in [4.78, 5) is 12.7. The molecule has 0 aromatic heterocycles. The Labute approximate surface area is 171 Å². The van der Waals surface area contributed by atoms with Crippen LogP contribution in [0.15, 0.2) is 48.5 Å². The van der Waals surface area contributed by atoms with Crippen LogP contribution in [0.25, 0.3) is 0 Å². The van der Waals surface area contributed by atoms with Crippen molar-refractivity contribution >= 4 is 16.1 Å². The van der Waals surface area contributed by atoms with Crippen molar-refractivity contribution in [2.45, 2.75) is 36.1 Å². The predicted octanol–water partition coefficient (Wildman–Crippen LogP) is 3.69. The van der Waals surface area contributed by atoms with Gasteiger partial charge in [-0.1, -0.05) is 48.5 Å². The van der Waals surface area contributed by atoms with Gasteiger partial charge in [-0.3, -0.25) is 4.79 Å². The van der Waals surface area contributed by atoms with E-state index in [4.69, 9.17) is 4.74 Å². The molecule has 0 amide bonds. The van der Waals surface area contributed by atoms with E-state index in [2.05, 4.69) is 0 Å². The number of alkyl halides is 3. The summed E-state index contributed by atoms with van der Waals surface area (Å²) in [6, 6.07) is 15.5. The molecule has 0 fully saturated rings. The zero-order valence-electron chi connectivity index (χ0n) is 15.6. The standard InChI is InChI=1S/C21H19F3O5S/c22-18(21(23,24)30(26,27)28)9-10-29-20(25)17-11-16-12-5-1-3-7-14(12)19(17)15-8-4-2-6-13(15)16/h1-8,16-19H,9-11H2,(H,26,27,28)/p-1. The molecule has 30 heavy (non-hydrogen) atoms. The largest absolute Gasteiger partial charge is 0.743 e. The van der Waals surface area contributed by atoms with Crippen LogP contribution < -0.4 is 0 Å². The molecule has 5 rings (SSSR count). The van der Waals surface area contributed by atoms with Gasteiger partial charge < -0.3 is 9.29 Å². The van der Waals surface area contributed by atoms with E-state index in [1.54, 1.807) is 0 Å². The first kappa shape index (κ1) is 20.9. The van der Waals surface area contributed by atoms with Gasteiger partial charge in [0.2, 0.25) is 0 Å². The van der Waals surface area contributed by atoms with Gasteiger partial charge in [-0.2, -0.15) is 8.78 Å². The third-order valence-electron chi connectivity index (χ3n) is 5.92. The van der Waals surface area contributed by atoms with E-state index in [9.17, 15) is 30.9 Å². The summed E-state index contributed by atoms with van der Waals surface area (Å²) in [6.07, 6.45) is -3.87. The molecule has 3 aliphatic rings. The molecule has 160 valence electrons. The Balaban J connectivity index is 1.50. The fourth-order valence-electron chi connectivity index (χ4n) is 4.56. The lowest BCUT2D eigenvalue weighted by atomic mass is 9.59. The molecule has 0 aliphatic heterocycles. The van der Waals surface area contributed by atoms with Crippen LogP contribution in [0.4, 0.5) is 13.2 Å². The highest BCUT2D eigenvalue weighted by Crippen LogP contribution is 2.55. The Kier molecular flexibility index (Phi) is 5.14. The second-order valence-corrected chi connectivity index (χ2v) is 9.02. The lowest BCUT2D eigenvalue weighted by Crippen LogP contribution is -2.40. The van der Waals surface area contributed by atoms with Crippen molar-refractivity contribution in [2.24, 2.45) is 5.92 Å². The Bertz CT molecular complexity index is 1040. The molecular weight excluding hydrogens is 421 g/mol. The van der Waals surface area contributed by atoms with Gasteiger partial charge in [0.05, 0.1) is 12.5 Å². The second kappa shape index (κ2) is 7.39. The van der Waals surface area contributed by atoms with E-state index in [1.165, 1.54) is 0 Å². The van der Waals surface area contributed by atoms with E-state index < -0.39 is 46.5 Å². The molecular formula is C21H18F3O5S-. The first-order valence-electron chi connectivity index (χ1n) is 9.44. The number of hydrogen-bond donors (Lipinski definition) is 0. The van der Waals surface area contributed by atoms with Crippen LogP contribution in [0, 0.1) is 5.92 Å². The van der Waals surface area contributed by atoms with Gasteiger partial charge in [-0.25, -0.2) is 12.8 Å². The van der Waals surface area contributed by atoms with Crippen molar-refractivity contribution in [3.8, 4) is 0 Å². The molecule has 0 saturated carbocycles. The summed E-state index contributed by atoms with van der Waals surface area (Å²) < 4.78 is 76.6. The van der Waals surface area contributed by atoms with Gasteiger partial charge in [0.15, 0.2) is 16.3 Å². The lowest BCUT2D eigenvalue weighted by Gasteiger charge is -2.44. The number of carbonyl (C=O) groups excluding carboxylic acids is 1. The van der Waals surface area contributed by atoms with E-state index in [1.807, 2.05) is 48.5 Å². The normalized spacial score (nSPS) is 23.4. The molecule has 0 heterocycles. The number of carbonyl (C=O) groups is 1. The maximum Gasteiger partial charge on any atom is 0.364 e. The lowest BCUT2D eigenvalue weighted by molar-refractivity contribution is -0.151. The molecule has 2 unspecified atom stereocenters. The Morgan fingerprint density at radius 2 is 1.57 bits per heavy atom. The first-order valence-corrected chi connectivity index (χ1v) is 10.9. The number of hydrogen-bond acceptors (Lipinski definition) is 5. The summed E-state index contributed by atoms with van der Waals surface area (Å²) in [7, 11) is -6.15. The number of halogens is 3. The maximum absolute atomic E-state index is 13.6. The topological polar surface area (TPSA) is 83.5 Å². The average Bonchev–Trinajstić information content (AvgIpc) is 2.72. The van der Waals surface area contributed by atoms with Crippen molar-refractivity contribution in [2.75, 3.05) is 6.61 Å². The van der Waals surface area contributed by atoms with Gasteiger partial charge in [0.25, 0.3) is 0 Å². The van der Waals surface area contributed by atoms with E-state index in [0.29, 0.717) is 6.42 Å². The average molecular weight is 439 g/mol. The van der Waals surface area contributed by atoms with E-state index >= 15 is 0 Å². The SMILES string of the molecule is O=C(OCCC(F)C(F)(F)S(=O)(=O)[O-])C1CC2c3ccccc3C1c1ccccc12. The van der Waals surface area contributed by atoms with Crippen LogP contribution in [0.1, 0.15) is 46.9 Å². The van der Waals surface area contributed by atoms with Gasteiger partial charge >= 0.3 is 11.2 Å². The Hall–Kier alpha value is -2.39. The monoisotopic (exact) mass is 439 g/mol. The molecule has 0 spiro atoms. The quantitative estimate of drug-likeness (QED) is 0.506. The van der Waals surface area contributed by atoms with Gasteiger partial charge in [-0.15, -0.1) is 0 Å². The highest BCUT2D eigenvalue weighted by molar-refractivity contribution is 7.86. The van der Waals surface area contributed by atoms with Crippen LogP contribution in [-0.2, 0) is 19.6 Å². The highest BCUT2D eigenvalue weighted by Gasteiger charge is 2.48. The predicted molar refractivity (Wildman–Crippen MR) is 99.8 cm³/mol. The second-order valence-electron chi connectivity index (χ2n) is 7.57. The Morgan fingerprint density at radius 3 is 2.07 bits per heavy atom. The highest BCUT2D eigenvalue weighted by atomic mass is 32.2. The Morgan fingerprint density at radius 1 is 1.07 bits per heavy atom. The third-order valence-corrected chi connectivity index (χ3v) is 6.84. The summed E-state index contributed by atoms with van der Waals surface area (Å²) in [6.45, 7) is -0.748. The van der Waals surface area contributed by atoms with Gasteiger partial charge in [0.1, 0.15) is 0 Å². The van der Waals surface area contributed by atoms with Crippen molar-refractivity contribution in [1.82, 2.24) is 0 Å². The molecule has 0 N–H and O–H groups in total. The summed E-state index contributed by atoms with van der Waals surface area (Å²) in [5, 5.41) is -5.07. The van der Waals surface area contributed by atoms with Crippen LogP contribution in [0.2, 0.25) is 0 Å². The molecule has 5 nitrogen and oxygen atoms in total. The molecule has 2 aromatic carbocycles. The van der Waals surface area contributed by atoms with Crippen LogP contribution in [-0.4, -0.2) is 37.0 Å². The molecule has 2 bridgehead atoms. The minimum Gasteiger partial charge on any atom is -0.743 e. The first-order chi connectivity index (χ1) is 14.1. The number of ether oxygens (including phenoxy) is 1. The zero-order valence-corrected chi connectivity index (χ0v) is 16.4. The van der Waals surface area contributed by atoms with Crippen LogP contribution in [0.3, 0.4) is 0 Å².